The molecule has 7 nitrogen and oxygen atoms in total. The average molecular weight is 434 g/mol. The van der Waals surface area contributed by atoms with E-state index in [2.05, 4.69) is 28.5 Å². The van der Waals surface area contributed by atoms with Gasteiger partial charge in [0.25, 0.3) is 5.91 Å². The molecule has 0 aliphatic carbocycles. The van der Waals surface area contributed by atoms with E-state index in [0.717, 1.165) is 46.2 Å². The van der Waals surface area contributed by atoms with Gasteiger partial charge in [-0.2, -0.15) is 0 Å². The lowest BCUT2D eigenvalue weighted by molar-refractivity contribution is 0.0702. The second-order valence-corrected chi connectivity index (χ2v) is 8.75. The number of benzene rings is 1. The quantitative estimate of drug-likeness (QED) is 0.469. The maximum atomic E-state index is 13.5. The number of furan rings is 1. The largest absolute Gasteiger partial charge is 0.450 e. The Balaban J connectivity index is 1.46. The van der Waals surface area contributed by atoms with Gasteiger partial charge in [-0.3, -0.25) is 4.79 Å². The van der Waals surface area contributed by atoms with Gasteiger partial charge in [0, 0.05) is 17.5 Å². The van der Waals surface area contributed by atoms with E-state index in [9.17, 15) is 4.79 Å². The van der Waals surface area contributed by atoms with Crippen molar-refractivity contribution in [3.63, 3.8) is 0 Å². The van der Waals surface area contributed by atoms with E-state index in [-0.39, 0.29) is 11.9 Å². The number of anilines is 2. The van der Waals surface area contributed by atoms with Crippen molar-refractivity contribution >= 4 is 39.2 Å². The summed E-state index contributed by atoms with van der Waals surface area (Å²) < 4.78 is 6.12. The Kier molecular flexibility index (Phi) is 4.94. The predicted octanol–water partition coefficient (Wildman–Crippen LogP) is 5.33. The minimum Gasteiger partial charge on any atom is -0.450 e. The van der Waals surface area contributed by atoms with Gasteiger partial charge in [-0.25, -0.2) is 4.98 Å². The number of aromatic nitrogens is 3. The van der Waals surface area contributed by atoms with Crippen molar-refractivity contribution in [1.29, 1.82) is 0 Å². The lowest BCUT2D eigenvalue weighted by Gasteiger charge is -2.24. The Labute approximate surface area is 184 Å². The molecule has 4 heterocycles. The molecule has 1 N–H and O–H groups in total. The lowest BCUT2D eigenvalue weighted by Crippen LogP contribution is -2.31. The zero-order valence-electron chi connectivity index (χ0n) is 17.7. The van der Waals surface area contributed by atoms with Gasteiger partial charge in [0.2, 0.25) is 5.13 Å². The first-order valence-corrected chi connectivity index (χ1v) is 11.2. The van der Waals surface area contributed by atoms with E-state index in [1.807, 2.05) is 43.0 Å². The normalized spacial score (nSPS) is 16.2. The smallest absolute Gasteiger partial charge is 0.290 e. The monoisotopic (exact) mass is 433 g/mol. The molecule has 5 rings (SSSR count). The van der Waals surface area contributed by atoms with Crippen LogP contribution in [0.4, 0.5) is 10.9 Å². The van der Waals surface area contributed by atoms with Crippen LogP contribution in [0.5, 0.6) is 0 Å². The number of rotatable bonds is 4. The van der Waals surface area contributed by atoms with Crippen LogP contribution < -0.4 is 5.32 Å². The lowest BCUT2D eigenvalue weighted by atomic mass is 10.0. The van der Waals surface area contributed by atoms with Gasteiger partial charge in [0.15, 0.2) is 5.76 Å². The van der Waals surface area contributed by atoms with Crippen molar-refractivity contribution < 1.29 is 9.21 Å². The van der Waals surface area contributed by atoms with Gasteiger partial charge < -0.3 is 14.6 Å². The number of nitrogens with one attached hydrogen (secondary N) is 1. The molecular weight excluding hydrogens is 410 g/mol. The van der Waals surface area contributed by atoms with Gasteiger partial charge in [-0.05, 0) is 56.9 Å². The van der Waals surface area contributed by atoms with Gasteiger partial charge >= 0.3 is 0 Å². The third-order valence-electron chi connectivity index (χ3n) is 6.04. The Hall–Kier alpha value is -3.26. The molecule has 1 amide bonds. The molecule has 1 atom stereocenters. The predicted molar refractivity (Wildman–Crippen MR) is 121 cm³/mol. The fraction of sp³-hybridized carbons (Fsp3) is 0.304. The number of hydrogen-bond acceptors (Lipinski definition) is 7. The van der Waals surface area contributed by atoms with E-state index in [0.29, 0.717) is 23.3 Å². The fourth-order valence-electron chi connectivity index (χ4n) is 4.21. The van der Waals surface area contributed by atoms with Crippen LogP contribution in [-0.4, -0.2) is 32.5 Å². The zero-order chi connectivity index (χ0) is 21.5. The summed E-state index contributed by atoms with van der Waals surface area (Å²) in [5.41, 5.74) is 6.47. The third kappa shape index (κ3) is 3.46. The summed E-state index contributed by atoms with van der Waals surface area (Å²) in [4.78, 5) is 20.2. The van der Waals surface area contributed by atoms with Crippen molar-refractivity contribution in [2.45, 2.75) is 39.7 Å². The summed E-state index contributed by atoms with van der Waals surface area (Å²) in [6.45, 7) is 6.74. The number of likely N-dealkylation sites (tertiary alicyclic amines) is 1. The minimum absolute atomic E-state index is 0.0717. The zero-order valence-corrected chi connectivity index (χ0v) is 18.5. The number of aryl methyl sites for hydroxylation is 3. The van der Waals surface area contributed by atoms with Crippen LogP contribution in [0.1, 0.15) is 51.8 Å². The molecule has 3 aromatic heterocycles. The highest BCUT2D eigenvalue weighted by atomic mass is 32.1. The number of amides is 1. The molecule has 0 spiro atoms. The maximum Gasteiger partial charge on any atom is 0.290 e. The fourth-order valence-corrected chi connectivity index (χ4v) is 4.67. The molecule has 158 valence electrons. The van der Waals surface area contributed by atoms with E-state index < -0.39 is 0 Å². The van der Waals surface area contributed by atoms with Crippen LogP contribution in [0.15, 0.2) is 40.3 Å². The Bertz CT molecular complexity index is 1260. The molecule has 0 saturated carbocycles. The van der Waals surface area contributed by atoms with Crippen LogP contribution >= 0.6 is 11.3 Å². The summed E-state index contributed by atoms with van der Waals surface area (Å²) in [5.74, 6) is 1.05. The standard InChI is InChI=1S/C23H23N5O2S/c1-13-9-10-16-15(3)21(30-20(16)14(13)2)22(29)28-11-5-7-18(28)17-6-4-8-19(25-17)26-23-27-24-12-31-23/h4,6,8-10,12,18H,5,7,11H2,1-3H3,(H,25,26,27). The number of carbonyl (C=O) groups is 1. The van der Waals surface area contributed by atoms with Gasteiger partial charge in [-0.1, -0.05) is 29.5 Å². The summed E-state index contributed by atoms with van der Waals surface area (Å²) in [7, 11) is 0. The highest BCUT2D eigenvalue weighted by Gasteiger charge is 2.34. The van der Waals surface area contributed by atoms with E-state index in [1.54, 1.807) is 5.51 Å². The van der Waals surface area contributed by atoms with Crippen LogP contribution in [0, 0.1) is 20.8 Å². The number of nitrogens with zero attached hydrogens (tertiary/aromatic N) is 4. The molecule has 1 aromatic carbocycles. The number of pyridine rings is 1. The molecule has 4 aromatic rings. The highest BCUT2D eigenvalue weighted by Crippen LogP contribution is 2.36. The van der Waals surface area contributed by atoms with Crippen LogP contribution in [0.3, 0.4) is 0 Å². The first-order chi connectivity index (χ1) is 15.0. The van der Waals surface area contributed by atoms with Crippen molar-refractivity contribution in [1.82, 2.24) is 20.1 Å². The second kappa shape index (κ2) is 7.77. The Morgan fingerprint density at radius 3 is 2.87 bits per heavy atom. The number of fused-ring (bicyclic) bond motifs is 1. The third-order valence-corrected chi connectivity index (χ3v) is 6.65. The highest BCUT2D eigenvalue weighted by molar-refractivity contribution is 7.13. The Morgan fingerprint density at radius 1 is 1.19 bits per heavy atom. The second-order valence-electron chi connectivity index (χ2n) is 7.91. The number of hydrogen-bond donors (Lipinski definition) is 1. The molecule has 1 unspecified atom stereocenters. The van der Waals surface area contributed by atoms with Gasteiger partial charge in [0.05, 0.1) is 11.7 Å². The van der Waals surface area contributed by atoms with Gasteiger partial charge in [0.1, 0.15) is 16.9 Å². The van der Waals surface area contributed by atoms with Crippen LogP contribution in [0.25, 0.3) is 11.0 Å². The Morgan fingerprint density at radius 2 is 2.06 bits per heavy atom. The molecule has 31 heavy (non-hydrogen) atoms. The van der Waals surface area contributed by atoms with Crippen molar-refractivity contribution in [3.8, 4) is 0 Å². The molecular formula is C23H23N5O2S. The van der Waals surface area contributed by atoms with E-state index in [4.69, 9.17) is 9.40 Å². The molecule has 1 aliphatic rings. The molecule has 8 heteroatoms. The van der Waals surface area contributed by atoms with E-state index >= 15 is 0 Å². The molecule has 0 radical (unpaired) electrons. The first-order valence-electron chi connectivity index (χ1n) is 10.3. The van der Waals surface area contributed by atoms with Crippen molar-refractivity contribution in [3.05, 3.63) is 64.0 Å². The maximum absolute atomic E-state index is 13.5. The SMILES string of the molecule is Cc1ccc2c(C)c(C(=O)N3CCCC3c3cccc(Nc4nncs4)n3)oc2c1C. The van der Waals surface area contributed by atoms with Crippen LogP contribution in [-0.2, 0) is 0 Å². The number of carbonyl (C=O) groups excluding carboxylic acids is 1. The summed E-state index contributed by atoms with van der Waals surface area (Å²) in [6, 6.07) is 9.85. The molecule has 0 bridgehead atoms. The van der Waals surface area contributed by atoms with Crippen molar-refractivity contribution in [2.75, 3.05) is 11.9 Å². The summed E-state index contributed by atoms with van der Waals surface area (Å²) >= 11 is 1.41. The van der Waals surface area contributed by atoms with Crippen LogP contribution in [0.2, 0.25) is 0 Å². The molecule has 1 aliphatic heterocycles. The molecule has 1 fully saturated rings. The summed E-state index contributed by atoms with van der Waals surface area (Å²) in [6.07, 6.45) is 1.81. The van der Waals surface area contributed by atoms with Gasteiger partial charge in [-0.15, -0.1) is 10.2 Å². The topological polar surface area (TPSA) is 84.2 Å². The van der Waals surface area contributed by atoms with Crippen molar-refractivity contribution in [2.24, 2.45) is 0 Å². The van der Waals surface area contributed by atoms with E-state index in [1.165, 1.54) is 11.3 Å². The summed E-state index contributed by atoms with van der Waals surface area (Å²) in [5, 5.41) is 12.7. The average Bonchev–Trinajstić information content (AvgIpc) is 3.51. The molecule has 1 saturated heterocycles. The first kappa shape index (κ1) is 19.7. The minimum atomic E-state index is -0.0842.